The van der Waals surface area contributed by atoms with Crippen LogP contribution in [0.15, 0.2) is 41.1 Å². The number of halogens is 1. The first-order valence-electron chi connectivity index (χ1n) is 5.66. The van der Waals surface area contributed by atoms with Crippen molar-refractivity contribution in [1.29, 1.82) is 0 Å². The van der Waals surface area contributed by atoms with Crippen LogP contribution in [0, 0.1) is 12.7 Å². The molecule has 4 nitrogen and oxygen atoms in total. The molecule has 3 aromatic rings. The summed E-state index contributed by atoms with van der Waals surface area (Å²) in [6.07, 6.45) is 2.90. The first-order valence-corrected chi connectivity index (χ1v) is 5.66. The van der Waals surface area contributed by atoms with Crippen LogP contribution in [0.3, 0.4) is 0 Å². The number of ketones is 1. The molecule has 1 aromatic carbocycles. The lowest BCUT2D eigenvalue weighted by Gasteiger charge is -1.96. The molecule has 3 rings (SSSR count). The van der Waals surface area contributed by atoms with Gasteiger partial charge in [0.1, 0.15) is 17.1 Å². The molecule has 5 heteroatoms. The molecular formula is C14H9FN2O2. The Balaban J connectivity index is 2.04. The van der Waals surface area contributed by atoms with E-state index in [4.69, 9.17) is 4.42 Å². The van der Waals surface area contributed by atoms with Gasteiger partial charge in [0.25, 0.3) is 0 Å². The van der Waals surface area contributed by atoms with Crippen molar-refractivity contribution < 1.29 is 13.6 Å². The Morgan fingerprint density at radius 3 is 2.79 bits per heavy atom. The number of benzene rings is 1. The number of carbonyl (C=O) groups is 1. The molecule has 0 spiro atoms. The van der Waals surface area contributed by atoms with Crippen molar-refractivity contribution >= 4 is 16.8 Å². The minimum absolute atomic E-state index is 0.124. The van der Waals surface area contributed by atoms with Crippen molar-refractivity contribution in [3.8, 4) is 0 Å². The van der Waals surface area contributed by atoms with E-state index in [9.17, 15) is 9.18 Å². The van der Waals surface area contributed by atoms with Crippen molar-refractivity contribution in [2.24, 2.45) is 0 Å². The van der Waals surface area contributed by atoms with Gasteiger partial charge in [0, 0.05) is 11.6 Å². The summed E-state index contributed by atoms with van der Waals surface area (Å²) in [5.74, 6) is -0.620. The number of aryl methyl sites for hydroxylation is 1. The van der Waals surface area contributed by atoms with Gasteiger partial charge >= 0.3 is 0 Å². The van der Waals surface area contributed by atoms with Crippen LogP contribution in [0.1, 0.15) is 21.9 Å². The first-order chi connectivity index (χ1) is 9.13. The maximum Gasteiger partial charge on any atom is 0.248 e. The van der Waals surface area contributed by atoms with Gasteiger partial charge in [0.2, 0.25) is 5.78 Å². The largest absolute Gasteiger partial charge is 0.453 e. The molecule has 0 atom stereocenters. The summed E-state index contributed by atoms with van der Waals surface area (Å²) >= 11 is 0. The van der Waals surface area contributed by atoms with Crippen LogP contribution in [0.4, 0.5) is 4.39 Å². The topological polar surface area (TPSA) is 56.0 Å². The molecule has 2 heterocycles. The van der Waals surface area contributed by atoms with Crippen LogP contribution >= 0.6 is 0 Å². The molecular weight excluding hydrogens is 247 g/mol. The fourth-order valence-electron chi connectivity index (χ4n) is 1.76. The predicted octanol–water partition coefficient (Wildman–Crippen LogP) is 2.90. The minimum Gasteiger partial charge on any atom is -0.453 e. The summed E-state index contributed by atoms with van der Waals surface area (Å²) < 4.78 is 18.5. The zero-order valence-electron chi connectivity index (χ0n) is 10.1. The van der Waals surface area contributed by atoms with Crippen LogP contribution in [0.5, 0.6) is 0 Å². The molecule has 0 fully saturated rings. The fraction of sp³-hybridized carbons (Fsp3) is 0.0714. The van der Waals surface area contributed by atoms with Crippen molar-refractivity contribution in [3.05, 3.63) is 59.6 Å². The monoisotopic (exact) mass is 256 g/mol. The number of nitrogens with zero attached hydrogens (tertiary/aromatic N) is 2. The number of hydrogen-bond acceptors (Lipinski definition) is 4. The number of aromatic nitrogens is 2. The molecule has 19 heavy (non-hydrogen) atoms. The smallest absolute Gasteiger partial charge is 0.248 e. The maximum absolute atomic E-state index is 13.1. The van der Waals surface area contributed by atoms with Crippen LogP contribution in [-0.2, 0) is 0 Å². The Kier molecular flexibility index (Phi) is 2.59. The zero-order valence-corrected chi connectivity index (χ0v) is 10.1. The highest BCUT2D eigenvalue weighted by atomic mass is 19.1. The van der Waals surface area contributed by atoms with E-state index in [0.29, 0.717) is 11.0 Å². The molecule has 0 saturated heterocycles. The SMILES string of the molecule is Cc1cnc(C(=O)c2cc3cc(F)ccc3o2)cn1. The molecule has 0 radical (unpaired) electrons. The molecule has 0 aliphatic heterocycles. The van der Waals surface area contributed by atoms with Crippen LogP contribution in [-0.4, -0.2) is 15.8 Å². The highest BCUT2D eigenvalue weighted by molar-refractivity contribution is 6.07. The molecule has 0 aliphatic carbocycles. The summed E-state index contributed by atoms with van der Waals surface area (Å²) in [7, 11) is 0. The Labute approximate surface area is 107 Å². The van der Waals surface area contributed by atoms with E-state index in [-0.39, 0.29) is 23.1 Å². The average Bonchev–Trinajstić information content (AvgIpc) is 2.81. The molecule has 0 unspecified atom stereocenters. The van der Waals surface area contributed by atoms with E-state index >= 15 is 0 Å². The molecule has 0 N–H and O–H groups in total. The number of furan rings is 1. The summed E-state index contributed by atoms with van der Waals surface area (Å²) in [6, 6.07) is 5.59. The van der Waals surface area contributed by atoms with Crippen molar-refractivity contribution in [2.45, 2.75) is 6.92 Å². The third-order valence-corrected chi connectivity index (χ3v) is 2.72. The van der Waals surface area contributed by atoms with Crippen LogP contribution in [0.25, 0.3) is 11.0 Å². The normalized spacial score (nSPS) is 10.8. The first kappa shape index (κ1) is 11.5. The van der Waals surface area contributed by atoms with Gasteiger partial charge in [0.05, 0.1) is 11.9 Å². The Morgan fingerprint density at radius 1 is 1.21 bits per heavy atom. The van der Waals surface area contributed by atoms with Crippen molar-refractivity contribution in [1.82, 2.24) is 9.97 Å². The minimum atomic E-state index is -0.373. The zero-order chi connectivity index (χ0) is 13.4. The number of carbonyl (C=O) groups excluding carboxylic acids is 1. The van der Waals surface area contributed by atoms with Gasteiger partial charge in [-0.3, -0.25) is 9.78 Å². The molecule has 0 saturated carbocycles. The second-order valence-corrected chi connectivity index (χ2v) is 4.16. The van der Waals surface area contributed by atoms with Crippen LogP contribution in [0.2, 0.25) is 0 Å². The Hall–Kier alpha value is -2.56. The Bertz CT molecular complexity index is 763. The number of rotatable bonds is 2. The standard InChI is InChI=1S/C14H9FN2O2/c1-8-6-17-11(7-16-8)14(18)13-5-9-4-10(15)2-3-12(9)19-13/h2-7H,1H3. The summed E-state index contributed by atoms with van der Waals surface area (Å²) in [4.78, 5) is 20.1. The van der Waals surface area contributed by atoms with Crippen LogP contribution < -0.4 is 0 Å². The lowest BCUT2D eigenvalue weighted by molar-refractivity contribution is 0.101. The predicted molar refractivity (Wildman–Crippen MR) is 66.4 cm³/mol. The van der Waals surface area contributed by atoms with Gasteiger partial charge in [-0.2, -0.15) is 0 Å². The molecule has 0 bridgehead atoms. The summed E-state index contributed by atoms with van der Waals surface area (Å²) in [5.41, 5.74) is 1.39. The van der Waals surface area contributed by atoms with E-state index in [0.717, 1.165) is 5.69 Å². The van der Waals surface area contributed by atoms with Crippen molar-refractivity contribution in [3.63, 3.8) is 0 Å². The van der Waals surface area contributed by atoms with E-state index in [1.165, 1.54) is 36.7 Å². The number of hydrogen-bond donors (Lipinski definition) is 0. The van der Waals surface area contributed by atoms with Gasteiger partial charge in [-0.15, -0.1) is 0 Å². The van der Waals surface area contributed by atoms with E-state index in [1.54, 1.807) is 6.92 Å². The van der Waals surface area contributed by atoms with Gasteiger partial charge in [-0.1, -0.05) is 0 Å². The second-order valence-electron chi connectivity index (χ2n) is 4.16. The third kappa shape index (κ3) is 2.10. The maximum atomic E-state index is 13.1. The van der Waals surface area contributed by atoms with E-state index < -0.39 is 0 Å². The van der Waals surface area contributed by atoms with E-state index in [2.05, 4.69) is 9.97 Å². The molecule has 2 aromatic heterocycles. The average molecular weight is 256 g/mol. The quantitative estimate of drug-likeness (QED) is 0.661. The Morgan fingerprint density at radius 2 is 2.05 bits per heavy atom. The molecule has 0 aliphatic rings. The second kappa shape index (κ2) is 4.28. The van der Waals surface area contributed by atoms with Gasteiger partial charge in [-0.25, -0.2) is 9.37 Å². The summed E-state index contributed by atoms with van der Waals surface area (Å²) in [6.45, 7) is 1.78. The molecule has 0 amide bonds. The lowest BCUT2D eigenvalue weighted by atomic mass is 10.2. The molecule has 94 valence electrons. The summed E-state index contributed by atoms with van der Waals surface area (Å²) in [5, 5.41) is 0.545. The van der Waals surface area contributed by atoms with Gasteiger partial charge in [0.15, 0.2) is 5.76 Å². The highest BCUT2D eigenvalue weighted by Gasteiger charge is 2.16. The fourth-order valence-corrected chi connectivity index (χ4v) is 1.76. The van der Waals surface area contributed by atoms with Crippen molar-refractivity contribution in [2.75, 3.05) is 0 Å². The van der Waals surface area contributed by atoms with E-state index in [1.807, 2.05) is 0 Å². The lowest BCUT2D eigenvalue weighted by Crippen LogP contribution is -2.03. The highest BCUT2D eigenvalue weighted by Crippen LogP contribution is 2.21. The third-order valence-electron chi connectivity index (χ3n) is 2.72. The number of fused-ring (bicyclic) bond motifs is 1. The van der Waals surface area contributed by atoms with Gasteiger partial charge < -0.3 is 4.42 Å². The van der Waals surface area contributed by atoms with Gasteiger partial charge in [-0.05, 0) is 31.2 Å².